The van der Waals surface area contributed by atoms with Crippen LogP contribution in [0, 0.1) is 11.3 Å². The molecule has 66 valence electrons. The van der Waals surface area contributed by atoms with E-state index in [1.807, 2.05) is 0 Å². The zero-order chi connectivity index (χ0) is 8.97. The first-order valence-corrected chi connectivity index (χ1v) is 4.20. The molecule has 1 rings (SSSR count). The first-order valence-electron chi connectivity index (χ1n) is 3.82. The van der Waals surface area contributed by atoms with Crippen LogP contribution in [0.5, 0.6) is 0 Å². The lowest BCUT2D eigenvalue weighted by Crippen LogP contribution is -2.38. The van der Waals surface area contributed by atoms with E-state index in [0.717, 1.165) is 12.8 Å². The number of carbonyl (C=O) groups is 1. The van der Waals surface area contributed by atoms with Crippen LogP contribution in [0.4, 0.5) is 0 Å². The predicted molar refractivity (Wildman–Crippen MR) is 44.2 cm³/mol. The van der Waals surface area contributed by atoms with Crippen molar-refractivity contribution in [3.05, 3.63) is 0 Å². The van der Waals surface area contributed by atoms with Gasteiger partial charge < -0.3 is 4.90 Å². The molecule has 0 aromatic heterocycles. The Morgan fingerprint density at radius 1 is 1.83 bits per heavy atom. The van der Waals surface area contributed by atoms with E-state index < -0.39 is 0 Å². The molecule has 0 bridgehead atoms. The van der Waals surface area contributed by atoms with Gasteiger partial charge in [-0.3, -0.25) is 4.79 Å². The minimum absolute atomic E-state index is 0.0970. The molecule has 1 amide bonds. The fraction of sp³-hybridized carbons (Fsp3) is 0.714. The molecule has 12 heavy (non-hydrogen) atoms. The predicted octanol–water partition coefficient (Wildman–Crippen LogP) is 0.244. The Morgan fingerprint density at radius 2 is 2.58 bits per heavy atom. The van der Waals surface area contributed by atoms with Crippen LogP contribution in [0.15, 0.2) is 0 Å². The second kappa shape index (κ2) is 4.29. The molecule has 0 aliphatic carbocycles. The van der Waals surface area contributed by atoms with E-state index in [0.29, 0.717) is 6.54 Å². The van der Waals surface area contributed by atoms with E-state index in [2.05, 4.69) is 10.9 Å². The minimum atomic E-state index is -0.248. The number of nitrogens with one attached hydrogen (secondary N) is 1. The summed E-state index contributed by atoms with van der Waals surface area (Å²) in [6.07, 6.45) is 1.69. The molecule has 0 radical (unpaired) electrons. The molecule has 0 saturated carbocycles. The molecule has 5 heteroatoms. The Bertz CT molecular complexity index is 213. The highest BCUT2D eigenvalue weighted by molar-refractivity contribution is 6.14. The summed E-state index contributed by atoms with van der Waals surface area (Å²) in [6.45, 7) is 0.773. The first-order chi connectivity index (χ1) is 5.79. The lowest BCUT2D eigenvalue weighted by Gasteiger charge is -2.18. The molecule has 0 aromatic carbocycles. The van der Waals surface area contributed by atoms with E-state index in [1.165, 1.54) is 0 Å². The molecule has 1 heterocycles. The summed E-state index contributed by atoms with van der Waals surface area (Å²) in [4.78, 5) is 15.1. The number of rotatable bonds is 2. The average Bonchev–Trinajstić information content (AvgIpc) is 2.51. The minimum Gasteiger partial charge on any atom is -0.326 e. The monoisotopic (exact) mass is 187 g/mol. The van der Waals surface area contributed by atoms with Crippen LogP contribution in [0.3, 0.4) is 0 Å². The Labute approximate surface area is 76.2 Å². The molecule has 1 fully saturated rings. The van der Waals surface area contributed by atoms with E-state index in [4.69, 9.17) is 17.0 Å². The van der Waals surface area contributed by atoms with E-state index in [-0.39, 0.29) is 18.5 Å². The summed E-state index contributed by atoms with van der Waals surface area (Å²) in [5, 5.41) is 8.66. The van der Waals surface area contributed by atoms with Crippen molar-refractivity contribution in [1.29, 1.82) is 5.26 Å². The Kier molecular flexibility index (Phi) is 3.32. The molecule has 1 aliphatic rings. The van der Waals surface area contributed by atoms with Crippen LogP contribution >= 0.6 is 11.8 Å². The van der Waals surface area contributed by atoms with Gasteiger partial charge in [-0.25, -0.2) is 4.84 Å². The van der Waals surface area contributed by atoms with E-state index >= 15 is 0 Å². The number of halogens is 1. The normalized spacial score (nSPS) is 22.3. The van der Waals surface area contributed by atoms with E-state index in [1.54, 1.807) is 4.90 Å². The summed E-state index contributed by atoms with van der Waals surface area (Å²) in [5.41, 5.74) is 0. The third-order valence-electron chi connectivity index (χ3n) is 1.94. The molecule has 0 aromatic rings. The summed E-state index contributed by atoms with van der Waals surface area (Å²) in [6, 6.07) is 1.84. The SMILES string of the molecule is N#C[C@@H]1CCCN1C(=O)CNCl. The van der Waals surface area contributed by atoms with Crippen molar-refractivity contribution in [2.75, 3.05) is 13.1 Å². The number of carbonyl (C=O) groups excluding carboxylic acids is 1. The maximum Gasteiger partial charge on any atom is 0.238 e. The fourth-order valence-electron chi connectivity index (χ4n) is 1.36. The molecule has 1 N–H and O–H groups in total. The number of likely N-dealkylation sites (tertiary alicyclic amines) is 1. The van der Waals surface area contributed by atoms with Gasteiger partial charge in [-0.1, -0.05) is 0 Å². The highest BCUT2D eigenvalue weighted by Gasteiger charge is 2.27. The van der Waals surface area contributed by atoms with Crippen molar-refractivity contribution in [3.8, 4) is 6.07 Å². The molecular formula is C7H10ClN3O. The van der Waals surface area contributed by atoms with Crippen molar-refractivity contribution in [1.82, 2.24) is 9.74 Å². The molecule has 1 atom stereocenters. The highest BCUT2D eigenvalue weighted by Crippen LogP contribution is 2.15. The van der Waals surface area contributed by atoms with Gasteiger partial charge in [0.2, 0.25) is 5.91 Å². The molecule has 0 spiro atoms. The fourth-order valence-corrected chi connectivity index (χ4v) is 1.47. The van der Waals surface area contributed by atoms with Crippen LogP contribution in [0.2, 0.25) is 0 Å². The van der Waals surface area contributed by atoms with Crippen LogP contribution in [0.25, 0.3) is 0 Å². The molecule has 1 saturated heterocycles. The van der Waals surface area contributed by atoms with Crippen molar-refractivity contribution in [3.63, 3.8) is 0 Å². The van der Waals surface area contributed by atoms with Gasteiger partial charge in [-0.2, -0.15) is 5.26 Å². The van der Waals surface area contributed by atoms with E-state index in [9.17, 15) is 4.79 Å². The number of hydrogen-bond acceptors (Lipinski definition) is 3. The average molecular weight is 188 g/mol. The van der Waals surface area contributed by atoms with Crippen LogP contribution in [0.1, 0.15) is 12.8 Å². The summed E-state index contributed by atoms with van der Waals surface area (Å²) < 4.78 is 0. The standard InChI is InChI=1S/C7H10ClN3O/c8-10-5-7(12)11-3-1-2-6(11)4-9/h6,10H,1-3,5H2/t6-/m0/s1. The molecular weight excluding hydrogens is 178 g/mol. The lowest BCUT2D eigenvalue weighted by atomic mass is 10.2. The van der Waals surface area contributed by atoms with Gasteiger partial charge >= 0.3 is 0 Å². The van der Waals surface area contributed by atoms with Crippen molar-refractivity contribution >= 4 is 17.7 Å². The topological polar surface area (TPSA) is 56.1 Å². The van der Waals surface area contributed by atoms with Crippen LogP contribution in [-0.4, -0.2) is 29.9 Å². The zero-order valence-electron chi connectivity index (χ0n) is 6.59. The van der Waals surface area contributed by atoms with Gasteiger partial charge in [0.15, 0.2) is 0 Å². The molecule has 0 unspecified atom stereocenters. The van der Waals surface area contributed by atoms with Crippen molar-refractivity contribution < 1.29 is 4.79 Å². The maximum atomic E-state index is 11.2. The quantitative estimate of drug-likeness (QED) is 0.631. The van der Waals surface area contributed by atoms with Gasteiger partial charge in [0.05, 0.1) is 12.6 Å². The highest BCUT2D eigenvalue weighted by atomic mass is 35.5. The zero-order valence-corrected chi connectivity index (χ0v) is 7.34. The largest absolute Gasteiger partial charge is 0.326 e. The van der Waals surface area contributed by atoms with Crippen molar-refractivity contribution in [2.24, 2.45) is 0 Å². The number of amides is 1. The van der Waals surface area contributed by atoms with Gasteiger partial charge in [-0.05, 0) is 24.6 Å². The van der Waals surface area contributed by atoms with Gasteiger partial charge in [0, 0.05) is 6.54 Å². The smallest absolute Gasteiger partial charge is 0.238 e. The number of nitriles is 1. The third-order valence-corrected chi connectivity index (χ3v) is 2.07. The number of nitrogens with zero attached hydrogens (tertiary/aromatic N) is 2. The van der Waals surface area contributed by atoms with Crippen molar-refractivity contribution in [2.45, 2.75) is 18.9 Å². The molecule has 1 aliphatic heterocycles. The molecule has 4 nitrogen and oxygen atoms in total. The summed E-state index contributed by atoms with van der Waals surface area (Å²) in [5.74, 6) is -0.103. The second-order valence-electron chi connectivity index (χ2n) is 2.68. The first kappa shape index (κ1) is 9.30. The van der Waals surface area contributed by atoms with Gasteiger partial charge in [0.1, 0.15) is 6.04 Å². The lowest BCUT2D eigenvalue weighted by molar-refractivity contribution is -0.129. The van der Waals surface area contributed by atoms with Gasteiger partial charge in [0.25, 0.3) is 0 Å². The Morgan fingerprint density at radius 3 is 3.17 bits per heavy atom. The number of hydrogen-bond donors (Lipinski definition) is 1. The Hall–Kier alpha value is -0.790. The summed E-state index contributed by atoms with van der Waals surface area (Å²) >= 11 is 5.19. The van der Waals surface area contributed by atoms with Crippen LogP contribution < -0.4 is 4.84 Å². The summed E-state index contributed by atoms with van der Waals surface area (Å²) in [7, 11) is 0. The Balaban J connectivity index is 2.51. The van der Waals surface area contributed by atoms with Crippen LogP contribution in [-0.2, 0) is 4.79 Å². The second-order valence-corrected chi connectivity index (χ2v) is 2.95. The maximum absolute atomic E-state index is 11.2. The van der Waals surface area contributed by atoms with Gasteiger partial charge in [-0.15, -0.1) is 0 Å². The third kappa shape index (κ3) is 1.87.